The molecule has 1 atom stereocenters. The zero-order chi connectivity index (χ0) is 15.4. The van der Waals surface area contributed by atoms with Gasteiger partial charge in [-0.1, -0.05) is 31.2 Å². The standard InChI is InChI=1S/C14H18N4O3/c1-9(2)12(14(20)21-3)15-8-18-13(19)10-6-4-5-7-11(10)16-17-18/h4-7,9,12,15H,8H2,1-3H3. The van der Waals surface area contributed by atoms with Gasteiger partial charge in [0.05, 0.1) is 19.2 Å². The second-order valence-electron chi connectivity index (χ2n) is 5.02. The molecule has 1 aromatic heterocycles. The predicted molar refractivity (Wildman–Crippen MR) is 77.6 cm³/mol. The van der Waals surface area contributed by atoms with Crippen molar-refractivity contribution in [3.8, 4) is 0 Å². The van der Waals surface area contributed by atoms with Gasteiger partial charge in [0.2, 0.25) is 0 Å². The van der Waals surface area contributed by atoms with Gasteiger partial charge >= 0.3 is 5.97 Å². The molecule has 1 unspecified atom stereocenters. The molecule has 0 bridgehead atoms. The quantitative estimate of drug-likeness (QED) is 0.809. The Kier molecular flexibility index (Phi) is 4.64. The minimum atomic E-state index is -0.504. The molecule has 2 rings (SSSR count). The van der Waals surface area contributed by atoms with Crippen molar-refractivity contribution in [2.24, 2.45) is 5.92 Å². The van der Waals surface area contributed by atoms with Gasteiger partial charge in [0, 0.05) is 0 Å². The fourth-order valence-electron chi connectivity index (χ4n) is 2.03. The third-order valence-electron chi connectivity index (χ3n) is 3.21. The van der Waals surface area contributed by atoms with Gasteiger partial charge in [-0.3, -0.25) is 14.9 Å². The first-order chi connectivity index (χ1) is 10.0. The number of benzene rings is 1. The van der Waals surface area contributed by atoms with E-state index in [0.29, 0.717) is 10.9 Å². The van der Waals surface area contributed by atoms with E-state index < -0.39 is 6.04 Å². The zero-order valence-corrected chi connectivity index (χ0v) is 12.2. The van der Waals surface area contributed by atoms with Crippen molar-refractivity contribution in [1.82, 2.24) is 20.3 Å². The van der Waals surface area contributed by atoms with Crippen LogP contribution in [0.25, 0.3) is 10.9 Å². The van der Waals surface area contributed by atoms with E-state index in [1.165, 1.54) is 11.8 Å². The molecule has 0 saturated carbocycles. The van der Waals surface area contributed by atoms with E-state index in [2.05, 4.69) is 15.6 Å². The number of nitrogens with one attached hydrogen (secondary N) is 1. The molecule has 0 radical (unpaired) electrons. The third-order valence-corrected chi connectivity index (χ3v) is 3.21. The highest BCUT2D eigenvalue weighted by atomic mass is 16.5. The van der Waals surface area contributed by atoms with Crippen LogP contribution in [0, 0.1) is 5.92 Å². The van der Waals surface area contributed by atoms with Crippen LogP contribution in [0.5, 0.6) is 0 Å². The number of nitrogens with zero attached hydrogens (tertiary/aromatic N) is 3. The number of rotatable bonds is 5. The molecule has 0 spiro atoms. The molecule has 7 heteroatoms. The van der Waals surface area contributed by atoms with Crippen LogP contribution in [0.2, 0.25) is 0 Å². The zero-order valence-electron chi connectivity index (χ0n) is 12.2. The van der Waals surface area contributed by atoms with Crippen LogP contribution in [0.1, 0.15) is 13.8 Å². The summed E-state index contributed by atoms with van der Waals surface area (Å²) in [5, 5.41) is 11.3. The first-order valence-corrected chi connectivity index (χ1v) is 6.68. The average Bonchev–Trinajstić information content (AvgIpc) is 2.49. The van der Waals surface area contributed by atoms with Crippen molar-refractivity contribution >= 4 is 16.9 Å². The molecule has 21 heavy (non-hydrogen) atoms. The molecule has 112 valence electrons. The van der Waals surface area contributed by atoms with E-state index in [-0.39, 0.29) is 24.1 Å². The van der Waals surface area contributed by atoms with Gasteiger partial charge in [-0.2, -0.15) is 4.68 Å². The second kappa shape index (κ2) is 6.45. The Hall–Kier alpha value is -2.28. The first-order valence-electron chi connectivity index (χ1n) is 6.68. The van der Waals surface area contributed by atoms with Crippen LogP contribution in [0.15, 0.2) is 29.1 Å². The fraction of sp³-hybridized carbons (Fsp3) is 0.429. The van der Waals surface area contributed by atoms with Gasteiger partial charge in [0.25, 0.3) is 5.56 Å². The largest absolute Gasteiger partial charge is 0.468 e. The lowest BCUT2D eigenvalue weighted by Crippen LogP contribution is -2.44. The molecule has 7 nitrogen and oxygen atoms in total. The Labute approximate surface area is 121 Å². The summed E-state index contributed by atoms with van der Waals surface area (Å²) in [6.45, 7) is 3.88. The molecule has 0 saturated heterocycles. The molecular formula is C14H18N4O3. The van der Waals surface area contributed by atoms with Gasteiger partial charge in [-0.05, 0) is 18.1 Å². The summed E-state index contributed by atoms with van der Waals surface area (Å²) in [5.74, 6) is -0.339. The maximum Gasteiger partial charge on any atom is 0.323 e. The van der Waals surface area contributed by atoms with Crippen LogP contribution in [-0.2, 0) is 16.2 Å². The SMILES string of the molecule is COC(=O)C(NCn1nnc2ccccc2c1=O)C(C)C. The van der Waals surface area contributed by atoms with Gasteiger partial charge in [0.15, 0.2) is 0 Å². The van der Waals surface area contributed by atoms with E-state index in [1.54, 1.807) is 24.3 Å². The molecule has 0 amide bonds. The number of esters is 1. The molecule has 1 aromatic carbocycles. The van der Waals surface area contributed by atoms with Crippen LogP contribution in [0.4, 0.5) is 0 Å². The number of aromatic nitrogens is 3. The summed E-state index contributed by atoms with van der Waals surface area (Å²) in [7, 11) is 1.33. The Balaban J connectivity index is 2.22. The van der Waals surface area contributed by atoms with Crippen LogP contribution in [0.3, 0.4) is 0 Å². The smallest absolute Gasteiger partial charge is 0.323 e. The number of fused-ring (bicyclic) bond motifs is 1. The van der Waals surface area contributed by atoms with E-state index in [0.717, 1.165) is 0 Å². The molecule has 0 aliphatic heterocycles. The van der Waals surface area contributed by atoms with E-state index in [1.807, 2.05) is 13.8 Å². The summed E-state index contributed by atoms with van der Waals surface area (Å²) >= 11 is 0. The highest BCUT2D eigenvalue weighted by Gasteiger charge is 2.22. The predicted octanol–water partition coefficient (Wildman–Crippen LogP) is 0.536. The minimum absolute atomic E-state index is 0.0292. The van der Waals surface area contributed by atoms with Crippen molar-refractivity contribution in [2.45, 2.75) is 26.6 Å². The number of carbonyl (C=O) groups is 1. The number of hydrogen-bond acceptors (Lipinski definition) is 6. The topological polar surface area (TPSA) is 86.1 Å². The second-order valence-corrected chi connectivity index (χ2v) is 5.02. The van der Waals surface area contributed by atoms with Crippen LogP contribution in [-0.4, -0.2) is 34.1 Å². The van der Waals surface area contributed by atoms with Gasteiger partial charge in [0.1, 0.15) is 11.6 Å². The molecule has 0 fully saturated rings. The van der Waals surface area contributed by atoms with E-state index in [9.17, 15) is 9.59 Å². The summed E-state index contributed by atoms with van der Waals surface area (Å²) in [6.07, 6.45) is 0. The van der Waals surface area contributed by atoms with Crippen molar-refractivity contribution in [2.75, 3.05) is 7.11 Å². The number of ether oxygens (including phenoxy) is 1. The van der Waals surface area contributed by atoms with Gasteiger partial charge in [-0.15, -0.1) is 5.10 Å². The van der Waals surface area contributed by atoms with Crippen LogP contribution >= 0.6 is 0 Å². The highest BCUT2D eigenvalue weighted by molar-refractivity contribution is 5.76. The summed E-state index contributed by atoms with van der Waals surface area (Å²) < 4.78 is 5.93. The van der Waals surface area contributed by atoms with Gasteiger partial charge in [-0.25, -0.2) is 0 Å². The summed E-state index contributed by atoms with van der Waals surface area (Å²) in [5.41, 5.74) is 0.299. The van der Waals surface area contributed by atoms with Crippen LogP contribution < -0.4 is 10.9 Å². The lowest BCUT2D eigenvalue weighted by atomic mass is 10.1. The third kappa shape index (κ3) is 3.25. The number of carbonyl (C=O) groups excluding carboxylic acids is 1. The highest BCUT2D eigenvalue weighted by Crippen LogP contribution is 2.05. The van der Waals surface area contributed by atoms with Gasteiger partial charge < -0.3 is 4.74 Å². The van der Waals surface area contributed by atoms with Crippen molar-refractivity contribution in [3.63, 3.8) is 0 Å². The summed E-state index contributed by atoms with van der Waals surface area (Å²) in [4.78, 5) is 23.9. The maximum absolute atomic E-state index is 12.3. The normalized spacial score (nSPS) is 12.6. The average molecular weight is 290 g/mol. The molecule has 0 aliphatic rings. The van der Waals surface area contributed by atoms with Crippen molar-refractivity contribution < 1.29 is 9.53 Å². The first kappa shape index (κ1) is 15.1. The maximum atomic E-state index is 12.3. The number of methoxy groups -OCH3 is 1. The molecule has 2 aromatic rings. The lowest BCUT2D eigenvalue weighted by Gasteiger charge is -2.19. The minimum Gasteiger partial charge on any atom is -0.468 e. The fourth-order valence-corrected chi connectivity index (χ4v) is 2.03. The van der Waals surface area contributed by atoms with Crippen molar-refractivity contribution in [1.29, 1.82) is 0 Å². The van der Waals surface area contributed by atoms with Crippen molar-refractivity contribution in [3.05, 3.63) is 34.6 Å². The number of hydrogen-bond donors (Lipinski definition) is 1. The van der Waals surface area contributed by atoms with E-state index >= 15 is 0 Å². The monoisotopic (exact) mass is 290 g/mol. The Morgan fingerprint density at radius 3 is 2.76 bits per heavy atom. The summed E-state index contributed by atoms with van der Waals surface area (Å²) in [6, 6.07) is 6.49. The molecule has 0 aliphatic carbocycles. The molecule has 1 heterocycles. The Morgan fingerprint density at radius 1 is 1.38 bits per heavy atom. The lowest BCUT2D eigenvalue weighted by molar-refractivity contribution is -0.144. The Bertz CT molecular complexity index is 696. The molecular weight excluding hydrogens is 272 g/mol. The Morgan fingerprint density at radius 2 is 2.10 bits per heavy atom. The van der Waals surface area contributed by atoms with E-state index in [4.69, 9.17) is 4.74 Å². The molecule has 1 N–H and O–H groups in total.